The number of carbonyl (C=O) groups is 3. The van der Waals surface area contributed by atoms with Crippen LogP contribution in [0.3, 0.4) is 0 Å². The predicted molar refractivity (Wildman–Crippen MR) is 92.9 cm³/mol. The first kappa shape index (κ1) is 16.3. The zero-order valence-corrected chi connectivity index (χ0v) is 15.1. The second-order valence-electron chi connectivity index (χ2n) is 5.75. The van der Waals surface area contributed by atoms with E-state index in [1.165, 1.54) is 22.3 Å². The molecule has 7 nitrogen and oxygen atoms in total. The molecule has 0 bridgehead atoms. The van der Waals surface area contributed by atoms with E-state index in [-0.39, 0.29) is 6.54 Å². The summed E-state index contributed by atoms with van der Waals surface area (Å²) in [5.41, 5.74) is -0.161. The molecule has 1 unspecified atom stereocenters. The van der Waals surface area contributed by atoms with Gasteiger partial charge in [0.25, 0.3) is 11.8 Å². The van der Waals surface area contributed by atoms with Crippen molar-refractivity contribution in [2.45, 2.75) is 19.0 Å². The van der Waals surface area contributed by atoms with E-state index in [2.05, 4.69) is 15.6 Å². The second-order valence-corrected chi connectivity index (χ2v) is 7.88. The summed E-state index contributed by atoms with van der Waals surface area (Å²) in [6.45, 7) is 1.97. The van der Waals surface area contributed by atoms with Crippen LogP contribution in [0.5, 0.6) is 0 Å². The molecule has 1 fully saturated rings. The van der Waals surface area contributed by atoms with Gasteiger partial charge in [-0.15, -0.1) is 11.3 Å². The Bertz CT molecular complexity index is 960. The van der Waals surface area contributed by atoms with Gasteiger partial charge in [-0.2, -0.15) is 0 Å². The van der Waals surface area contributed by atoms with Crippen LogP contribution in [0.2, 0.25) is 9.49 Å². The molecule has 0 aliphatic carbocycles. The number of carbonyl (C=O) groups excluding carboxylic acids is 3. The van der Waals surface area contributed by atoms with Gasteiger partial charge in [-0.3, -0.25) is 14.9 Å². The number of anilines is 1. The minimum atomic E-state index is -1.80. The number of benzene rings is 1. The fraction of sp³-hybridized carbons (Fsp3) is 0.200. The number of aryl methyl sites for hydroxylation is 1. The van der Waals surface area contributed by atoms with Gasteiger partial charge in [-0.25, -0.2) is 9.78 Å². The molecule has 0 saturated carbocycles. The van der Waals surface area contributed by atoms with Crippen molar-refractivity contribution < 1.29 is 14.4 Å². The molecule has 2 N–H and O–H groups in total. The molecule has 2 aliphatic rings. The molecule has 1 aromatic carbocycles. The van der Waals surface area contributed by atoms with E-state index in [4.69, 9.17) is 23.2 Å². The number of nitrogens with one attached hydrogen (secondary N) is 2. The Morgan fingerprint density at radius 3 is 2.64 bits per heavy atom. The molecule has 2 aromatic rings. The molecule has 1 atom stereocenters. The van der Waals surface area contributed by atoms with Crippen molar-refractivity contribution in [1.82, 2.24) is 15.6 Å². The van der Waals surface area contributed by atoms with Crippen molar-refractivity contribution >= 4 is 58.1 Å². The van der Waals surface area contributed by atoms with Crippen molar-refractivity contribution in [3.05, 3.63) is 43.8 Å². The molecule has 0 radical (unpaired) electrons. The molecular weight excluding hydrogens is 387 g/mol. The molecular formula is C15H10Cl2N4O3S. The number of imide groups is 1. The Morgan fingerprint density at radius 2 is 2.04 bits per heavy atom. The SMILES string of the molecule is Cc1cc(Cl)cc2c1N(Cc1cnc(Cl)s1)C(=O)C21NC(=O)NC1=O. The van der Waals surface area contributed by atoms with Gasteiger partial charge >= 0.3 is 6.03 Å². The lowest BCUT2D eigenvalue weighted by atomic mass is 9.90. The first-order valence-electron chi connectivity index (χ1n) is 7.19. The third kappa shape index (κ3) is 2.25. The normalized spacial score (nSPS) is 21.7. The van der Waals surface area contributed by atoms with E-state index < -0.39 is 23.4 Å². The third-order valence-corrected chi connectivity index (χ3v) is 5.53. The smallest absolute Gasteiger partial charge is 0.312 e. The molecule has 1 aromatic heterocycles. The zero-order valence-electron chi connectivity index (χ0n) is 12.7. The van der Waals surface area contributed by atoms with Crippen LogP contribution in [0.15, 0.2) is 18.3 Å². The lowest BCUT2D eigenvalue weighted by Crippen LogP contribution is -2.52. The molecule has 128 valence electrons. The van der Waals surface area contributed by atoms with Crippen molar-refractivity contribution in [3.63, 3.8) is 0 Å². The molecule has 1 spiro atoms. The summed E-state index contributed by atoms with van der Waals surface area (Å²) < 4.78 is 0.358. The van der Waals surface area contributed by atoms with Crippen LogP contribution >= 0.6 is 34.5 Å². The summed E-state index contributed by atoms with van der Waals surface area (Å²) in [5.74, 6) is -1.25. The van der Waals surface area contributed by atoms with E-state index in [0.717, 1.165) is 10.4 Å². The molecule has 25 heavy (non-hydrogen) atoms. The summed E-state index contributed by atoms with van der Waals surface area (Å²) in [6, 6.07) is 2.52. The lowest BCUT2D eigenvalue weighted by molar-refractivity contribution is -0.134. The molecule has 4 amide bonds. The number of amides is 4. The Morgan fingerprint density at radius 1 is 1.28 bits per heavy atom. The van der Waals surface area contributed by atoms with E-state index in [1.54, 1.807) is 19.2 Å². The summed E-state index contributed by atoms with van der Waals surface area (Å²) in [7, 11) is 0. The van der Waals surface area contributed by atoms with Gasteiger partial charge in [0.1, 0.15) is 0 Å². The number of rotatable bonds is 2. The van der Waals surface area contributed by atoms with E-state index in [9.17, 15) is 14.4 Å². The Kier molecular flexibility index (Phi) is 3.54. The maximum Gasteiger partial charge on any atom is 0.323 e. The maximum absolute atomic E-state index is 13.2. The van der Waals surface area contributed by atoms with Crippen LogP contribution in [-0.2, 0) is 21.7 Å². The van der Waals surface area contributed by atoms with Crippen molar-refractivity contribution in [2.24, 2.45) is 0 Å². The molecule has 4 rings (SSSR count). The minimum absolute atomic E-state index is 0.184. The van der Waals surface area contributed by atoms with Gasteiger partial charge in [0.05, 0.1) is 12.2 Å². The number of hydrogen-bond acceptors (Lipinski definition) is 5. The van der Waals surface area contributed by atoms with Crippen molar-refractivity contribution in [3.8, 4) is 0 Å². The Labute approximate surface area is 155 Å². The number of thiazole rings is 1. The summed E-state index contributed by atoms with van der Waals surface area (Å²) >= 11 is 13.2. The van der Waals surface area contributed by atoms with Crippen LogP contribution < -0.4 is 15.5 Å². The van der Waals surface area contributed by atoms with Crippen LogP contribution in [0.25, 0.3) is 0 Å². The standard InChI is InChI=1S/C15H10Cl2N4O3S/c1-6-2-7(16)3-9-10(6)21(5-8-4-18-13(17)25-8)12(23)15(9)11(22)19-14(24)20-15/h2-4H,5H2,1H3,(H2,19,20,22,24). The molecule has 3 heterocycles. The largest absolute Gasteiger partial charge is 0.323 e. The van der Waals surface area contributed by atoms with Crippen LogP contribution in [-0.4, -0.2) is 22.8 Å². The van der Waals surface area contributed by atoms with E-state index in [0.29, 0.717) is 20.7 Å². The average molecular weight is 397 g/mol. The monoisotopic (exact) mass is 396 g/mol. The number of halogens is 2. The molecule has 10 heteroatoms. The van der Waals surface area contributed by atoms with Gasteiger partial charge in [0.2, 0.25) is 5.54 Å². The number of aromatic nitrogens is 1. The Balaban J connectivity index is 1.90. The highest BCUT2D eigenvalue weighted by Gasteiger charge is 2.61. The number of hydrogen-bond donors (Lipinski definition) is 2. The van der Waals surface area contributed by atoms with Crippen LogP contribution in [0.4, 0.5) is 10.5 Å². The van der Waals surface area contributed by atoms with E-state index >= 15 is 0 Å². The lowest BCUT2D eigenvalue weighted by Gasteiger charge is -2.20. The van der Waals surface area contributed by atoms with Gasteiger partial charge < -0.3 is 10.2 Å². The van der Waals surface area contributed by atoms with E-state index in [1.807, 2.05) is 0 Å². The average Bonchev–Trinajstić information content (AvgIpc) is 3.13. The van der Waals surface area contributed by atoms with Gasteiger partial charge in [0.15, 0.2) is 4.47 Å². The highest BCUT2D eigenvalue weighted by Crippen LogP contribution is 2.46. The zero-order chi connectivity index (χ0) is 17.9. The predicted octanol–water partition coefficient (Wildman–Crippen LogP) is 2.34. The number of nitrogens with zero attached hydrogens (tertiary/aromatic N) is 2. The third-order valence-electron chi connectivity index (χ3n) is 4.21. The number of fused-ring (bicyclic) bond motifs is 2. The van der Waals surface area contributed by atoms with Gasteiger partial charge in [0, 0.05) is 21.7 Å². The van der Waals surface area contributed by atoms with Crippen molar-refractivity contribution in [1.29, 1.82) is 0 Å². The quantitative estimate of drug-likeness (QED) is 0.601. The topological polar surface area (TPSA) is 91.4 Å². The summed E-state index contributed by atoms with van der Waals surface area (Å²) in [5, 5.41) is 4.99. The Hall–Kier alpha value is -2.16. The molecule has 2 aliphatic heterocycles. The first-order valence-corrected chi connectivity index (χ1v) is 8.76. The molecule has 1 saturated heterocycles. The van der Waals surface area contributed by atoms with Crippen LogP contribution in [0.1, 0.15) is 16.0 Å². The van der Waals surface area contributed by atoms with Crippen LogP contribution in [0, 0.1) is 6.92 Å². The highest BCUT2D eigenvalue weighted by molar-refractivity contribution is 7.15. The minimum Gasteiger partial charge on any atom is -0.312 e. The second kappa shape index (κ2) is 5.42. The highest BCUT2D eigenvalue weighted by atomic mass is 35.5. The maximum atomic E-state index is 13.2. The van der Waals surface area contributed by atoms with Gasteiger partial charge in [-0.05, 0) is 24.6 Å². The van der Waals surface area contributed by atoms with Gasteiger partial charge in [-0.1, -0.05) is 23.2 Å². The summed E-state index contributed by atoms with van der Waals surface area (Å²) in [6.07, 6.45) is 1.57. The fourth-order valence-corrected chi connectivity index (χ4v) is 4.50. The first-order chi connectivity index (χ1) is 11.8. The summed E-state index contributed by atoms with van der Waals surface area (Å²) in [4.78, 5) is 43.6. The number of urea groups is 1. The fourth-order valence-electron chi connectivity index (χ4n) is 3.26. The van der Waals surface area contributed by atoms with Crippen molar-refractivity contribution in [2.75, 3.05) is 4.90 Å².